The van der Waals surface area contributed by atoms with Crippen LogP contribution in [-0.2, 0) is 14.8 Å². The van der Waals surface area contributed by atoms with Gasteiger partial charge in [0, 0.05) is 5.02 Å². The minimum atomic E-state index is -3.61. The van der Waals surface area contributed by atoms with E-state index in [2.05, 4.69) is 5.32 Å². The van der Waals surface area contributed by atoms with Gasteiger partial charge in [0.1, 0.15) is 11.5 Å². The van der Waals surface area contributed by atoms with Crippen LogP contribution in [0.3, 0.4) is 0 Å². The van der Waals surface area contributed by atoms with Crippen molar-refractivity contribution >= 4 is 33.2 Å². The Morgan fingerprint density at radius 2 is 2.00 bits per heavy atom. The van der Waals surface area contributed by atoms with E-state index in [4.69, 9.17) is 21.1 Å². The summed E-state index contributed by atoms with van der Waals surface area (Å²) in [4.78, 5) is 12.8. The predicted molar refractivity (Wildman–Crippen MR) is 112 cm³/mol. The molecule has 2 aromatic rings. The second-order valence-electron chi connectivity index (χ2n) is 6.74. The first-order valence-electron chi connectivity index (χ1n) is 9.16. The second-order valence-corrected chi connectivity index (χ2v) is 9.09. The van der Waals surface area contributed by atoms with E-state index < -0.39 is 22.0 Å². The number of ether oxygens (including phenoxy) is 2. The van der Waals surface area contributed by atoms with E-state index >= 15 is 0 Å². The summed E-state index contributed by atoms with van der Waals surface area (Å²) in [5.74, 6) is 0.644. The summed E-state index contributed by atoms with van der Waals surface area (Å²) in [6.07, 6.45) is 0.101. The smallest absolute Gasteiger partial charge is 0.263 e. The molecule has 0 aromatic heterocycles. The van der Waals surface area contributed by atoms with Gasteiger partial charge in [-0.1, -0.05) is 23.7 Å². The predicted octanol–water partition coefficient (Wildman–Crippen LogP) is 3.14. The second kappa shape index (κ2) is 8.51. The van der Waals surface area contributed by atoms with E-state index in [1.807, 2.05) is 38.1 Å². The number of rotatable bonds is 6. The number of halogens is 1. The number of hydrogen-bond donors (Lipinski definition) is 1. The van der Waals surface area contributed by atoms with Gasteiger partial charge in [-0.25, -0.2) is 8.42 Å². The number of nitrogens with one attached hydrogen (secondary N) is 1. The Bertz CT molecular complexity index is 994. The van der Waals surface area contributed by atoms with Gasteiger partial charge in [-0.2, -0.15) is 0 Å². The molecule has 2 aromatic carbocycles. The zero-order valence-electron chi connectivity index (χ0n) is 16.4. The van der Waals surface area contributed by atoms with Crippen LogP contribution in [0.1, 0.15) is 25.5 Å². The normalized spacial score (nSPS) is 17.1. The summed E-state index contributed by atoms with van der Waals surface area (Å²) in [7, 11) is -3.61. The molecule has 1 aliphatic heterocycles. The van der Waals surface area contributed by atoms with Gasteiger partial charge in [-0.05, 0) is 49.7 Å². The lowest BCUT2D eigenvalue weighted by molar-refractivity contribution is -0.128. The van der Waals surface area contributed by atoms with E-state index in [1.165, 1.54) is 6.07 Å². The minimum Gasteiger partial charge on any atom is -0.494 e. The molecule has 0 spiro atoms. The Labute approximate surface area is 175 Å². The molecule has 0 fully saturated rings. The zero-order chi connectivity index (χ0) is 21.2. The number of carbonyl (C=O) groups excluding carboxylic acids is 1. The number of anilines is 1. The first-order valence-corrected chi connectivity index (χ1v) is 11.4. The van der Waals surface area contributed by atoms with Gasteiger partial charge in [0.15, 0.2) is 6.10 Å². The summed E-state index contributed by atoms with van der Waals surface area (Å²) in [6.45, 7) is 4.20. The van der Waals surface area contributed by atoms with Crippen molar-refractivity contribution in [1.29, 1.82) is 0 Å². The third-order valence-electron chi connectivity index (χ3n) is 4.53. The Morgan fingerprint density at radius 1 is 1.31 bits per heavy atom. The summed E-state index contributed by atoms with van der Waals surface area (Å²) in [6, 6.07) is 11.8. The van der Waals surface area contributed by atoms with E-state index in [9.17, 15) is 13.2 Å². The van der Waals surface area contributed by atoms with Crippen LogP contribution < -0.4 is 19.1 Å². The first-order chi connectivity index (χ1) is 13.7. The molecular weight excluding hydrogens is 416 g/mol. The molecule has 0 radical (unpaired) electrons. The van der Waals surface area contributed by atoms with E-state index in [-0.39, 0.29) is 12.6 Å². The Hall–Kier alpha value is -2.45. The largest absolute Gasteiger partial charge is 0.494 e. The number of hydrogen-bond acceptors (Lipinski definition) is 5. The fourth-order valence-corrected chi connectivity index (χ4v) is 4.16. The van der Waals surface area contributed by atoms with Crippen LogP contribution in [-0.4, -0.2) is 39.8 Å². The number of carbonyl (C=O) groups is 1. The maximum Gasteiger partial charge on any atom is 0.263 e. The van der Waals surface area contributed by atoms with Crippen molar-refractivity contribution in [1.82, 2.24) is 5.32 Å². The van der Waals surface area contributed by atoms with Crippen LogP contribution in [0.4, 0.5) is 5.69 Å². The maximum absolute atomic E-state index is 12.8. The van der Waals surface area contributed by atoms with Crippen LogP contribution >= 0.6 is 11.6 Å². The lowest BCUT2D eigenvalue weighted by Crippen LogP contribution is -2.50. The van der Waals surface area contributed by atoms with E-state index in [1.54, 1.807) is 12.1 Å². The topological polar surface area (TPSA) is 84.9 Å². The highest BCUT2D eigenvalue weighted by molar-refractivity contribution is 7.92. The van der Waals surface area contributed by atoms with Crippen molar-refractivity contribution in [3.63, 3.8) is 0 Å². The quantitative estimate of drug-likeness (QED) is 0.748. The fraction of sp³-hybridized carbons (Fsp3) is 0.350. The first kappa shape index (κ1) is 21.3. The fourth-order valence-electron chi connectivity index (χ4n) is 3.08. The summed E-state index contributed by atoms with van der Waals surface area (Å²) < 4.78 is 36.8. The number of nitrogens with zero attached hydrogens (tertiary/aromatic N) is 1. The third-order valence-corrected chi connectivity index (χ3v) is 5.91. The van der Waals surface area contributed by atoms with Crippen LogP contribution in [0.25, 0.3) is 0 Å². The van der Waals surface area contributed by atoms with Gasteiger partial charge < -0.3 is 14.8 Å². The maximum atomic E-state index is 12.8. The van der Waals surface area contributed by atoms with Crippen molar-refractivity contribution in [3.8, 4) is 11.5 Å². The van der Waals surface area contributed by atoms with Crippen molar-refractivity contribution in [2.75, 3.05) is 23.7 Å². The van der Waals surface area contributed by atoms with E-state index in [0.717, 1.165) is 21.9 Å². The van der Waals surface area contributed by atoms with Crippen LogP contribution in [0.2, 0.25) is 5.02 Å². The molecule has 0 bridgehead atoms. The lowest BCUT2D eigenvalue weighted by atomic mass is 10.1. The molecule has 156 valence electrons. The highest BCUT2D eigenvalue weighted by atomic mass is 35.5. The SMILES string of the molecule is CCOc1ccc([C@H](C)NC(=O)[C@H]2CN(S(C)(=O)=O)c3cc(Cl)ccc3O2)cc1. The van der Waals surface area contributed by atoms with Crippen molar-refractivity contribution in [3.05, 3.63) is 53.1 Å². The van der Waals surface area contributed by atoms with Crippen molar-refractivity contribution in [2.45, 2.75) is 26.0 Å². The van der Waals surface area contributed by atoms with Gasteiger partial charge in [0.2, 0.25) is 10.0 Å². The summed E-state index contributed by atoms with van der Waals surface area (Å²) in [5.41, 5.74) is 1.22. The molecule has 1 heterocycles. The summed E-state index contributed by atoms with van der Waals surface area (Å²) >= 11 is 5.99. The third kappa shape index (κ3) is 4.94. The molecule has 2 atom stereocenters. The number of sulfonamides is 1. The average molecular weight is 439 g/mol. The molecule has 7 nitrogen and oxygen atoms in total. The van der Waals surface area contributed by atoms with Gasteiger partial charge >= 0.3 is 0 Å². The highest BCUT2D eigenvalue weighted by Gasteiger charge is 2.35. The highest BCUT2D eigenvalue weighted by Crippen LogP contribution is 2.37. The van der Waals surface area contributed by atoms with Crippen LogP contribution in [0, 0.1) is 0 Å². The van der Waals surface area contributed by atoms with Gasteiger partial charge in [0.05, 0.1) is 31.1 Å². The molecule has 0 unspecified atom stereocenters. The van der Waals surface area contributed by atoms with E-state index in [0.29, 0.717) is 23.1 Å². The van der Waals surface area contributed by atoms with Crippen LogP contribution in [0.15, 0.2) is 42.5 Å². The molecule has 29 heavy (non-hydrogen) atoms. The molecule has 0 aliphatic carbocycles. The molecular formula is C20H23ClN2O5S. The molecule has 3 rings (SSSR count). The molecule has 1 N–H and O–H groups in total. The van der Waals surface area contributed by atoms with Crippen LogP contribution in [0.5, 0.6) is 11.5 Å². The Kier molecular flexibility index (Phi) is 6.24. The number of fused-ring (bicyclic) bond motifs is 1. The standard InChI is InChI=1S/C20H23ClN2O5S/c1-4-27-16-8-5-14(6-9-16)13(2)22-20(24)19-12-23(29(3,25)26)17-11-15(21)7-10-18(17)28-19/h5-11,13,19H,4,12H2,1-3H3,(H,22,24)/t13-,19+/m0/s1. The number of amides is 1. The summed E-state index contributed by atoms with van der Waals surface area (Å²) in [5, 5.41) is 3.26. The average Bonchev–Trinajstić information content (AvgIpc) is 2.67. The monoisotopic (exact) mass is 438 g/mol. The Balaban J connectivity index is 1.76. The van der Waals surface area contributed by atoms with Gasteiger partial charge in [0.25, 0.3) is 5.91 Å². The molecule has 1 amide bonds. The molecule has 0 saturated carbocycles. The molecule has 0 saturated heterocycles. The van der Waals surface area contributed by atoms with Gasteiger partial charge in [-0.15, -0.1) is 0 Å². The lowest BCUT2D eigenvalue weighted by Gasteiger charge is -2.34. The number of benzene rings is 2. The Morgan fingerprint density at radius 3 is 2.62 bits per heavy atom. The molecule has 9 heteroatoms. The minimum absolute atomic E-state index is 0.131. The van der Waals surface area contributed by atoms with Gasteiger partial charge in [-0.3, -0.25) is 9.10 Å². The van der Waals surface area contributed by atoms with Crippen molar-refractivity contribution in [2.24, 2.45) is 0 Å². The molecule has 1 aliphatic rings. The zero-order valence-corrected chi connectivity index (χ0v) is 18.0. The van der Waals surface area contributed by atoms with Crippen molar-refractivity contribution < 1.29 is 22.7 Å².